The Morgan fingerprint density at radius 3 is 2.17 bits per heavy atom. The van der Waals surface area contributed by atoms with Gasteiger partial charge in [-0.15, -0.1) is 0 Å². The molecule has 0 bridgehead atoms. The van der Waals surface area contributed by atoms with E-state index in [4.69, 9.17) is 0 Å². The third-order valence-corrected chi connectivity index (χ3v) is 8.39. The molecule has 0 aromatic rings. The lowest BCUT2D eigenvalue weighted by Crippen LogP contribution is -2.40. The summed E-state index contributed by atoms with van der Waals surface area (Å²) in [6.45, 7) is 4.64. The molecule has 0 amide bonds. The summed E-state index contributed by atoms with van der Waals surface area (Å²) in [5.74, 6) is 3.15. The van der Waals surface area contributed by atoms with Gasteiger partial charge in [0, 0.05) is 0 Å². The predicted octanol–water partition coefficient (Wildman–Crippen LogP) is 9.34. The lowest BCUT2D eigenvalue weighted by molar-refractivity contribution is 0.0460. The van der Waals surface area contributed by atoms with Crippen LogP contribution in [0.1, 0.15) is 123 Å². The average Bonchev–Trinajstić information content (AvgIpc) is 3.08. The van der Waals surface area contributed by atoms with E-state index < -0.39 is 0 Å². The molecule has 2 radical (unpaired) electrons. The highest BCUT2D eigenvalue weighted by Gasteiger charge is 2.56. The summed E-state index contributed by atoms with van der Waals surface area (Å²) >= 11 is 0. The van der Waals surface area contributed by atoms with Gasteiger partial charge >= 0.3 is 0 Å². The van der Waals surface area contributed by atoms with Gasteiger partial charge in [-0.3, -0.25) is 0 Å². The second-order valence-corrected chi connectivity index (χ2v) is 10.4. The molecular formula is C29H48. The van der Waals surface area contributed by atoms with Crippen molar-refractivity contribution in [3.8, 4) is 0 Å². The molecule has 5 unspecified atom stereocenters. The maximum Gasteiger partial charge on any atom is -0.00193 e. The highest BCUT2D eigenvalue weighted by Crippen LogP contribution is 2.63. The van der Waals surface area contributed by atoms with Gasteiger partial charge in [-0.2, -0.15) is 0 Å². The van der Waals surface area contributed by atoms with E-state index in [1.54, 1.807) is 0 Å². The van der Waals surface area contributed by atoms with Crippen LogP contribution in [0.25, 0.3) is 0 Å². The van der Waals surface area contributed by atoms with Crippen LogP contribution in [0.5, 0.6) is 0 Å². The predicted molar refractivity (Wildman–Crippen MR) is 128 cm³/mol. The highest BCUT2D eigenvalue weighted by atomic mass is 14.6. The molecule has 3 aliphatic rings. The van der Waals surface area contributed by atoms with Gasteiger partial charge in [-0.1, -0.05) is 122 Å². The summed E-state index contributed by atoms with van der Waals surface area (Å²) in [6, 6.07) is 0. The van der Waals surface area contributed by atoms with E-state index in [0.29, 0.717) is 11.3 Å². The number of hydrogen-bond donors (Lipinski definition) is 0. The maximum atomic E-state index is 4.28. The van der Waals surface area contributed by atoms with Crippen molar-refractivity contribution >= 4 is 0 Å². The topological polar surface area (TPSA) is 0 Å². The number of fused-ring (bicyclic) bond motifs is 3. The van der Waals surface area contributed by atoms with E-state index in [2.05, 4.69) is 44.6 Å². The fourth-order valence-electron chi connectivity index (χ4n) is 6.86. The van der Waals surface area contributed by atoms with Crippen LogP contribution in [0.3, 0.4) is 0 Å². The van der Waals surface area contributed by atoms with Crippen molar-refractivity contribution in [1.29, 1.82) is 0 Å². The molecule has 0 heteroatoms. The summed E-state index contributed by atoms with van der Waals surface area (Å²) in [4.78, 5) is 0. The van der Waals surface area contributed by atoms with Crippen molar-refractivity contribution in [1.82, 2.24) is 0 Å². The van der Waals surface area contributed by atoms with Crippen LogP contribution >= 0.6 is 0 Å². The van der Waals surface area contributed by atoms with Gasteiger partial charge < -0.3 is 0 Å². The molecule has 2 fully saturated rings. The summed E-state index contributed by atoms with van der Waals surface area (Å²) in [7, 11) is 0. The quantitative estimate of drug-likeness (QED) is 0.256. The number of unbranched alkanes of at least 4 members (excludes halogenated alkanes) is 10. The van der Waals surface area contributed by atoms with Crippen molar-refractivity contribution in [2.45, 2.75) is 123 Å². The molecule has 0 N–H and O–H groups in total. The van der Waals surface area contributed by atoms with Crippen molar-refractivity contribution in [3.63, 3.8) is 0 Å². The van der Waals surface area contributed by atoms with E-state index in [9.17, 15) is 0 Å². The molecule has 0 nitrogen and oxygen atoms in total. The Kier molecular flexibility index (Phi) is 9.87. The number of hydrogen-bond acceptors (Lipinski definition) is 0. The summed E-state index contributed by atoms with van der Waals surface area (Å²) in [5.41, 5.74) is 0.431. The van der Waals surface area contributed by atoms with E-state index in [1.165, 1.54) is 109 Å². The minimum Gasteiger partial charge on any atom is -0.0805 e. The van der Waals surface area contributed by atoms with Gasteiger partial charge in [0.25, 0.3) is 0 Å². The van der Waals surface area contributed by atoms with Gasteiger partial charge in [-0.05, 0) is 61.2 Å². The van der Waals surface area contributed by atoms with E-state index in [-0.39, 0.29) is 0 Å². The Balaban J connectivity index is 1.59. The first-order valence-corrected chi connectivity index (χ1v) is 13.4. The van der Waals surface area contributed by atoms with E-state index >= 15 is 0 Å². The van der Waals surface area contributed by atoms with Crippen LogP contribution in [0.4, 0.5) is 0 Å². The van der Waals surface area contributed by atoms with Crippen LogP contribution in [-0.4, -0.2) is 0 Å². The van der Waals surface area contributed by atoms with Crippen LogP contribution in [0, 0.1) is 35.5 Å². The van der Waals surface area contributed by atoms with E-state index in [1.807, 2.05) is 0 Å². The zero-order valence-corrected chi connectivity index (χ0v) is 19.6. The molecule has 2 saturated carbocycles. The van der Waals surface area contributed by atoms with Gasteiger partial charge in [0.1, 0.15) is 0 Å². The Morgan fingerprint density at radius 2 is 1.41 bits per heavy atom. The van der Waals surface area contributed by atoms with Crippen molar-refractivity contribution in [2.75, 3.05) is 0 Å². The first-order chi connectivity index (χ1) is 14.3. The molecule has 0 aromatic heterocycles. The van der Waals surface area contributed by atoms with Gasteiger partial charge in [0.05, 0.1) is 0 Å². The zero-order valence-electron chi connectivity index (χ0n) is 19.6. The monoisotopic (exact) mass is 396 g/mol. The molecule has 164 valence electrons. The van der Waals surface area contributed by atoms with Gasteiger partial charge in [0.15, 0.2) is 0 Å². The van der Waals surface area contributed by atoms with Crippen molar-refractivity contribution in [2.24, 2.45) is 29.1 Å². The molecule has 5 atom stereocenters. The van der Waals surface area contributed by atoms with Crippen LogP contribution in [-0.2, 0) is 0 Å². The fourth-order valence-corrected chi connectivity index (χ4v) is 6.86. The Morgan fingerprint density at radius 1 is 0.759 bits per heavy atom. The average molecular weight is 397 g/mol. The zero-order chi connectivity index (χ0) is 20.4. The van der Waals surface area contributed by atoms with Gasteiger partial charge in [-0.25, -0.2) is 0 Å². The normalized spacial score (nSPS) is 33.0. The summed E-state index contributed by atoms with van der Waals surface area (Å²) in [5, 5.41) is 0. The third-order valence-electron chi connectivity index (χ3n) is 8.39. The molecule has 29 heavy (non-hydrogen) atoms. The van der Waals surface area contributed by atoms with Crippen LogP contribution < -0.4 is 0 Å². The maximum absolute atomic E-state index is 4.28. The fraction of sp³-hybridized carbons (Fsp3) is 0.828. The third kappa shape index (κ3) is 6.01. The molecule has 0 aliphatic heterocycles. The minimum absolute atomic E-state index is 0.431. The summed E-state index contributed by atoms with van der Waals surface area (Å²) < 4.78 is 0. The van der Waals surface area contributed by atoms with Crippen molar-refractivity contribution in [3.05, 3.63) is 30.7 Å². The lowest BCUT2D eigenvalue weighted by Gasteiger charge is -2.48. The molecule has 0 heterocycles. The van der Waals surface area contributed by atoms with Crippen LogP contribution in [0.15, 0.2) is 24.3 Å². The Hall–Kier alpha value is -0.520. The number of allylic oxidation sites excluding steroid dienone is 4. The lowest BCUT2D eigenvalue weighted by atomic mass is 9.57. The SMILES string of the molecule is CCCCCCCCC1CCCC2C3C=CC=CC3[C]C12CCCCCCCC. The molecular weight excluding hydrogens is 348 g/mol. The van der Waals surface area contributed by atoms with Crippen molar-refractivity contribution < 1.29 is 0 Å². The second-order valence-electron chi connectivity index (χ2n) is 10.4. The first kappa shape index (κ1) is 23.1. The standard InChI is InChI=1S/C29H48/c1-3-5-7-9-11-13-19-26-20-17-22-28-27-21-15-14-18-25(27)24-29(26,28)23-16-12-10-8-6-4-2/h14-15,18,21,25-28H,3-13,16-17,19-20,22-23H2,1-2H3. The van der Waals surface area contributed by atoms with E-state index in [0.717, 1.165) is 17.8 Å². The minimum atomic E-state index is 0.431. The Labute approximate surface area is 183 Å². The van der Waals surface area contributed by atoms with Gasteiger partial charge in [0.2, 0.25) is 0 Å². The van der Waals surface area contributed by atoms with Crippen LogP contribution in [0.2, 0.25) is 0 Å². The smallest absolute Gasteiger partial charge is 0.00193 e. The second kappa shape index (κ2) is 12.4. The highest BCUT2D eigenvalue weighted by molar-refractivity contribution is 5.27. The molecule has 3 aliphatic carbocycles. The number of rotatable bonds is 14. The molecule has 0 spiro atoms. The molecule has 3 rings (SSSR count). The first-order valence-electron chi connectivity index (χ1n) is 13.4. The molecule has 0 saturated heterocycles. The summed E-state index contributed by atoms with van der Waals surface area (Å²) in [6.07, 6.45) is 38.4. The molecule has 0 aromatic carbocycles. The largest absolute Gasteiger partial charge is 0.0805 e. The Bertz CT molecular complexity index is 500.